The molecule has 0 radical (unpaired) electrons. The van der Waals surface area contributed by atoms with Gasteiger partial charge in [-0.2, -0.15) is 4.31 Å². The maximum absolute atomic E-state index is 14.1. The fraction of sp³-hybridized carbons (Fsp3) is 0.571. The zero-order chi connectivity index (χ0) is 15.9. The Bertz CT molecular complexity index is 549. The smallest absolute Gasteiger partial charge is 0.245 e. The van der Waals surface area contributed by atoms with Crippen LogP contribution >= 0.6 is 0 Å². The number of hydrogen-bond donors (Lipinski definition) is 1. The standard InChI is InChI=1S/C14H23FN2O3S/c1-4-7-16-11-12-5-6-14(13(15)10-12)21(18,19)17(2)8-9-20-3/h5-6,10,16H,4,7-9,11H2,1-3H3. The molecule has 0 aliphatic heterocycles. The van der Waals surface area contributed by atoms with E-state index < -0.39 is 15.8 Å². The zero-order valence-corrected chi connectivity index (χ0v) is 13.5. The molecule has 120 valence electrons. The molecule has 1 N–H and O–H groups in total. The molecule has 0 amide bonds. The number of sulfonamides is 1. The van der Waals surface area contributed by atoms with Crippen molar-refractivity contribution in [2.24, 2.45) is 0 Å². The Hall–Kier alpha value is -1.02. The topological polar surface area (TPSA) is 58.6 Å². The minimum absolute atomic E-state index is 0.179. The molecule has 0 fully saturated rings. The first-order chi connectivity index (χ1) is 9.93. The van der Waals surface area contributed by atoms with E-state index in [1.807, 2.05) is 6.92 Å². The third-order valence-electron chi connectivity index (χ3n) is 3.05. The van der Waals surface area contributed by atoms with E-state index in [9.17, 15) is 12.8 Å². The molecular weight excluding hydrogens is 295 g/mol. The van der Waals surface area contributed by atoms with E-state index in [0.717, 1.165) is 22.8 Å². The van der Waals surface area contributed by atoms with E-state index in [4.69, 9.17) is 4.74 Å². The van der Waals surface area contributed by atoms with Crippen molar-refractivity contribution in [2.45, 2.75) is 24.8 Å². The summed E-state index contributed by atoms with van der Waals surface area (Å²) in [5.41, 5.74) is 0.722. The van der Waals surface area contributed by atoms with Crippen LogP contribution in [-0.2, 0) is 21.3 Å². The quantitative estimate of drug-likeness (QED) is 0.703. The van der Waals surface area contributed by atoms with E-state index in [1.54, 1.807) is 6.07 Å². The second-order valence-corrected chi connectivity index (χ2v) is 6.77. The van der Waals surface area contributed by atoms with Gasteiger partial charge >= 0.3 is 0 Å². The monoisotopic (exact) mass is 318 g/mol. The SMILES string of the molecule is CCCNCc1ccc(S(=O)(=O)N(C)CCOC)c(F)c1. The van der Waals surface area contributed by atoms with Crippen LogP contribution in [0.4, 0.5) is 4.39 Å². The van der Waals surface area contributed by atoms with Gasteiger partial charge in [-0.3, -0.25) is 0 Å². The van der Waals surface area contributed by atoms with Gasteiger partial charge in [-0.15, -0.1) is 0 Å². The number of benzene rings is 1. The summed E-state index contributed by atoms with van der Waals surface area (Å²) in [6, 6.07) is 4.21. The summed E-state index contributed by atoms with van der Waals surface area (Å²) in [6.45, 7) is 3.83. The van der Waals surface area contributed by atoms with Crippen molar-refractivity contribution in [1.29, 1.82) is 0 Å². The Morgan fingerprint density at radius 3 is 2.67 bits per heavy atom. The van der Waals surface area contributed by atoms with E-state index >= 15 is 0 Å². The van der Waals surface area contributed by atoms with Crippen LogP contribution < -0.4 is 5.32 Å². The second-order valence-electron chi connectivity index (χ2n) is 4.76. The van der Waals surface area contributed by atoms with Crippen LogP contribution in [0.15, 0.2) is 23.1 Å². The highest BCUT2D eigenvalue weighted by molar-refractivity contribution is 7.89. The van der Waals surface area contributed by atoms with Crippen LogP contribution in [0.3, 0.4) is 0 Å². The lowest BCUT2D eigenvalue weighted by Gasteiger charge is -2.17. The van der Waals surface area contributed by atoms with Crippen molar-refractivity contribution in [2.75, 3.05) is 33.9 Å². The molecule has 0 aromatic heterocycles. The molecule has 0 aliphatic carbocycles. The number of ether oxygens (including phenoxy) is 1. The number of likely N-dealkylation sites (N-methyl/N-ethyl adjacent to an activating group) is 1. The summed E-state index contributed by atoms with van der Waals surface area (Å²) in [4.78, 5) is -0.305. The van der Waals surface area contributed by atoms with Crippen LogP contribution in [0.25, 0.3) is 0 Å². The van der Waals surface area contributed by atoms with Gasteiger partial charge in [0.25, 0.3) is 0 Å². The van der Waals surface area contributed by atoms with Crippen molar-refractivity contribution in [3.05, 3.63) is 29.6 Å². The Balaban J connectivity index is 2.88. The summed E-state index contributed by atoms with van der Waals surface area (Å²) in [5.74, 6) is -0.727. The Morgan fingerprint density at radius 1 is 1.38 bits per heavy atom. The van der Waals surface area contributed by atoms with Crippen molar-refractivity contribution in [3.8, 4) is 0 Å². The average molecular weight is 318 g/mol. The van der Waals surface area contributed by atoms with Crippen LogP contribution in [0, 0.1) is 5.82 Å². The molecular formula is C14H23FN2O3S. The normalized spacial score (nSPS) is 12.0. The van der Waals surface area contributed by atoms with Crippen LogP contribution in [0.1, 0.15) is 18.9 Å². The van der Waals surface area contributed by atoms with Crippen LogP contribution in [0.2, 0.25) is 0 Å². The number of methoxy groups -OCH3 is 1. The van der Waals surface area contributed by atoms with Gasteiger partial charge in [0.15, 0.2) is 0 Å². The molecule has 1 rings (SSSR count). The third-order valence-corrected chi connectivity index (χ3v) is 4.94. The number of rotatable bonds is 9. The van der Waals surface area contributed by atoms with Crippen molar-refractivity contribution >= 4 is 10.0 Å². The predicted octanol–water partition coefficient (Wildman–Crippen LogP) is 1.59. The summed E-state index contributed by atoms with van der Waals surface area (Å²) < 4.78 is 44.5. The molecule has 0 saturated carbocycles. The predicted molar refractivity (Wildman–Crippen MR) is 80.1 cm³/mol. The lowest BCUT2D eigenvalue weighted by atomic mass is 10.2. The molecule has 21 heavy (non-hydrogen) atoms. The molecule has 0 atom stereocenters. The first kappa shape index (κ1) is 18.0. The molecule has 0 saturated heterocycles. The number of hydrogen-bond acceptors (Lipinski definition) is 4. The molecule has 7 heteroatoms. The van der Waals surface area contributed by atoms with Crippen molar-refractivity contribution < 1.29 is 17.5 Å². The molecule has 1 aromatic carbocycles. The maximum Gasteiger partial charge on any atom is 0.245 e. The van der Waals surface area contributed by atoms with Crippen LogP contribution in [0.5, 0.6) is 0 Å². The molecule has 0 unspecified atom stereocenters. The zero-order valence-electron chi connectivity index (χ0n) is 12.7. The van der Waals surface area contributed by atoms with Crippen molar-refractivity contribution in [1.82, 2.24) is 9.62 Å². The first-order valence-electron chi connectivity index (χ1n) is 6.88. The summed E-state index contributed by atoms with van der Waals surface area (Å²) >= 11 is 0. The van der Waals surface area contributed by atoms with E-state index in [2.05, 4.69) is 5.32 Å². The third kappa shape index (κ3) is 5.03. The fourth-order valence-corrected chi connectivity index (χ4v) is 2.98. The minimum Gasteiger partial charge on any atom is -0.383 e. The minimum atomic E-state index is -3.83. The average Bonchev–Trinajstić information content (AvgIpc) is 2.44. The van der Waals surface area contributed by atoms with Gasteiger partial charge in [0.05, 0.1) is 6.61 Å². The highest BCUT2D eigenvalue weighted by atomic mass is 32.2. The molecule has 0 heterocycles. The van der Waals surface area contributed by atoms with E-state index in [-0.39, 0.29) is 18.0 Å². The number of halogens is 1. The van der Waals surface area contributed by atoms with E-state index in [1.165, 1.54) is 26.3 Å². The molecule has 5 nitrogen and oxygen atoms in total. The number of nitrogens with one attached hydrogen (secondary N) is 1. The Labute approximate surface area is 126 Å². The molecule has 0 bridgehead atoms. The van der Waals surface area contributed by atoms with Gasteiger partial charge < -0.3 is 10.1 Å². The van der Waals surface area contributed by atoms with Crippen molar-refractivity contribution in [3.63, 3.8) is 0 Å². The van der Waals surface area contributed by atoms with Gasteiger partial charge in [-0.05, 0) is 30.7 Å². The molecule has 0 spiro atoms. The van der Waals surface area contributed by atoms with Crippen LogP contribution in [-0.4, -0.2) is 46.6 Å². The maximum atomic E-state index is 14.1. The highest BCUT2D eigenvalue weighted by Gasteiger charge is 2.24. The summed E-state index contributed by atoms with van der Waals surface area (Å²) in [7, 11) is -0.933. The Kier molecular flexibility index (Phi) is 7.24. The fourth-order valence-electron chi connectivity index (χ4n) is 1.78. The van der Waals surface area contributed by atoms with Gasteiger partial charge in [0, 0.05) is 27.2 Å². The van der Waals surface area contributed by atoms with E-state index in [0.29, 0.717) is 6.54 Å². The number of nitrogens with zero attached hydrogens (tertiary/aromatic N) is 1. The van der Waals surface area contributed by atoms with Gasteiger partial charge in [-0.25, -0.2) is 12.8 Å². The first-order valence-corrected chi connectivity index (χ1v) is 8.32. The highest BCUT2D eigenvalue weighted by Crippen LogP contribution is 2.19. The van der Waals surface area contributed by atoms with Gasteiger partial charge in [-0.1, -0.05) is 13.0 Å². The second kappa shape index (κ2) is 8.43. The molecule has 0 aliphatic rings. The van der Waals surface area contributed by atoms with Gasteiger partial charge in [0.2, 0.25) is 10.0 Å². The lowest BCUT2D eigenvalue weighted by molar-refractivity contribution is 0.185. The Morgan fingerprint density at radius 2 is 2.10 bits per heavy atom. The van der Waals surface area contributed by atoms with Gasteiger partial charge in [0.1, 0.15) is 10.7 Å². The lowest BCUT2D eigenvalue weighted by Crippen LogP contribution is -2.30. The molecule has 1 aromatic rings. The summed E-state index contributed by atoms with van der Waals surface area (Å²) in [6.07, 6.45) is 0.985. The largest absolute Gasteiger partial charge is 0.383 e. The summed E-state index contributed by atoms with van der Waals surface area (Å²) in [5, 5.41) is 3.14.